The van der Waals surface area contributed by atoms with Gasteiger partial charge in [-0.1, -0.05) is 31.2 Å². The lowest BCUT2D eigenvalue weighted by molar-refractivity contribution is -0.143. The van der Waals surface area contributed by atoms with Crippen molar-refractivity contribution < 1.29 is 14.3 Å². The third-order valence-electron chi connectivity index (χ3n) is 2.45. The first-order valence-corrected chi connectivity index (χ1v) is 5.57. The summed E-state index contributed by atoms with van der Waals surface area (Å²) < 4.78 is 4.40. The van der Waals surface area contributed by atoms with E-state index in [1.807, 2.05) is 24.3 Å². The average Bonchev–Trinajstić information content (AvgIpc) is 2.36. The van der Waals surface area contributed by atoms with Gasteiger partial charge in [-0.25, -0.2) is 0 Å². The summed E-state index contributed by atoms with van der Waals surface area (Å²) in [5.74, 6) is -0.847. The van der Waals surface area contributed by atoms with E-state index in [0.29, 0.717) is 6.54 Å². The van der Waals surface area contributed by atoms with Gasteiger partial charge in [0.15, 0.2) is 0 Å². The summed E-state index contributed by atoms with van der Waals surface area (Å²) in [7, 11) is 1.26. The molecule has 0 bridgehead atoms. The number of esters is 1. The van der Waals surface area contributed by atoms with Crippen LogP contribution in [-0.4, -0.2) is 19.0 Å². The summed E-state index contributed by atoms with van der Waals surface area (Å²) in [6, 6.07) is 8.00. The predicted molar refractivity (Wildman–Crippen MR) is 64.3 cm³/mol. The third kappa shape index (κ3) is 4.68. The van der Waals surface area contributed by atoms with Crippen molar-refractivity contribution >= 4 is 11.9 Å². The molecule has 0 heterocycles. The number of aryl methyl sites for hydroxylation is 1. The quantitative estimate of drug-likeness (QED) is 0.620. The molecule has 1 N–H and O–H groups in total. The first kappa shape index (κ1) is 13.2. The number of carbonyl (C=O) groups excluding carboxylic acids is 2. The van der Waals surface area contributed by atoms with Gasteiger partial charge in [-0.05, 0) is 17.5 Å². The molecule has 1 rings (SSSR count). The second-order valence-electron chi connectivity index (χ2n) is 3.70. The third-order valence-corrected chi connectivity index (χ3v) is 2.45. The zero-order valence-electron chi connectivity index (χ0n) is 10.2. The number of methoxy groups -OCH3 is 1. The molecule has 0 fully saturated rings. The number of carbonyl (C=O) groups is 2. The van der Waals surface area contributed by atoms with Crippen molar-refractivity contribution in [2.75, 3.05) is 7.11 Å². The Morgan fingerprint density at radius 3 is 2.29 bits per heavy atom. The Labute approximate surface area is 101 Å². The smallest absolute Gasteiger partial charge is 0.315 e. The van der Waals surface area contributed by atoms with Crippen molar-refractivity contribution in [2.24, 2.45) is 0 Å². The Morgan fingerprint density at radius 1 is 1.18 bits per heavy atom. The minimum absolute atomic E-state index is 0.233. The number of amides is 1. The molecule has 0 aliphatic heterocycles. The average molecular weight is 235 g/mol. The molecule has 92 valence electrons. The maximum atomic E-state index is 11.3. The Bertz CT molecular complexity index is 384. The molecule has 0 spiro atoms. The van der Waals surface area contributed by atoms with E-state index in [4.69, 9.17) is 0 Å². The number of nitrogens with one attached hydrogen (secondary N) is 1. The molecule has 1 amide bonds. The fraction of sp³-hybridized carbons (Fsp3) is 0.385. The second-order valence-corrected chi connectivity index (χ2v) is 3.70. The van der Waals surface area contributed by atoms with Crippen LogP contribution in [0.2, 0.25) is 0 Å². The van der Waals surface area contributed by atoms with Crippen LogP contribution in [0, 0.1) is 0 Å². The van der Waals surface area contributed by atoms with Crippen LogP contribution >= 0.6 is 0 Å². The molecule has 17 heavy (non-hydrogen) atoms. The van der Waals surface area contributed by atoms with Gasteiger partial charge in [0, 0.05) is 6.54 Å². The van der Waals surface area contributed by atoms with E-state index in [9.17, 15) is 9.59 Å². The summed E-state index contributed by atoms with van der Waals surface area (Å²) in [4.78, 5) is 22.1. The van der Waals surface area contributed by atoms with E-state index in [2.05, 4.69) is 17.0 Å². The molecule has 1 aromatic carbocycles. The number of hydrogen-bond donors (Lipinski definition) is 1. The molecule has 0 aromatic heterocycles. The van der Waals surface area contributed by atoms with Crippen LogP contribution in [-0.2, 0) is 27.3 Å². The molecular weight excluding hydrogens is 218 g/mol. The van der Waals surface area contributed by atoms with Crippen molar-refractivity contribution in [3.8, 4) is 0 Å². The molecule has 0 atom stereocenters. The van der Waals surface area contributed by atoms with Gasteiger partial charge in [0.1, 0.15) is 6.42 Å². The van der Waals surface area contributed by atoms with Crippen molar-refractivity contribution in [1.29, 1.82) is 0 Å². The molecule has 4 heteroatoms. The number of benzene rings is 1. The highest BCUT2D eigenvalue weighted by Crippen LogP contribution is 2.04. The van der Waals surface area contributed by atoms with E-state index < -0.39 is 5.97 Å². The van der Waals surface area contributed by atoms with Crippen LogP contribution in [0.3, 0.4) is 0 Å². The zero-order chi connectivity index (χ0) is 12.7. The summed E-state index contributed by atoms with van der Waals surface area (Å²) in [6.45, 7) is 2.52. The molecular formula is C13H17NO3. The van der Waals surface area contributed by atoms with Gasteiger partial charge < -0.3 is 10.1 Å². The molecule has 0 aliphatic rings. The maximum Gasteiger partial charge on any atom is 0.315 e. The summed E-state index contributed by atoms with van der Waals surface area (Å²) in [5, 5.41) is 2.66. The van der Waals surface area contributed by atoms with E-state index in [0.717, 1.165) is 12.0 Å². The summed E-state index contributed by atoms with van der Waals surface area (Å²) in [5.41, 5.74) is 2.27. The van der Waals surface area contributed by atoms with E-state index in [-0.39, 0.29) is 12.3 Å². The zero-order valence-corrected chi connectivity index (χ0v) is 10.2. The minimum atomic E-state index is -0.524. The number of rotatable bonds is 5. The van der Waals surface area contributed by atoms with Gasteiger partial charge in [0.25, 0.3) is 0 Å². The van der Waals surface area contributed by atoms with Gasteiger partial charge in [-0.15, -0.1) is 0 Å². The highest BCUT2D eigenvalue weighted by Gasteiger charge is 2.08. The molecule has 0 unspecified atom stereocenters. The van der Waals surface area contributed by atoms with Gasteiger partial charge in [-0.3, -0.25) is 9.59 Å². The molecule has 0 aliphatic carbocycles. The summed E-state index contributed by atoms with van der Waals surface area (Å²) >= 11 is 0. The van der Waals surface area contributed by atoms with Crippen molar-refractivity contribution in [1.82, 2.24) is 5.32 Å². The lowest BCUT2D eigenvalue weighted by Gasteiger charge is -2.05. The van der Waals surface area contributed by atoms with E-state index in [1.54, 1.807) is 0 Å². The van der Waals surface area contributed by atoms with Crippen LogP contribution in [0.25, 0.3) is 0 Å². The lowest BCUT2D eigenvalue weighted by atomic mass is 10.1. The van der Waals surface area contributed by atoms with Crippen LogP contribution in [0.15, 0.2) is 24.3 Å². The highest BCUT2D eigenvalue weighted by atomic mass is 16.5. The van der Waals surface area contributed by atoms with Crippen molar-refractivity contribution in [2.45, 2.75) is 26.3 Å². The minimum Gasteiger partial charge on any atom is -0.469 e. The topological polar surface area (TPSA) is 55.4 Å². The van der Waals surface area contributed by atoms with Gasteiger partial charge in [0.05, 0.1) is 7.11 Å². The monoisotopic (exact) mass is 235 g/mol. The Morgan fingerprint density at radius 2 is 1.76 bits per heavy atom. The Hall–Kier alpha value is -1.84. The molecule has 0 radical (unpaired) electrons. The lowest BCUT2D eigenvalue weighted by Crippen LogP contribution is -2.25. The highest BCUT2D eigenvalue weighted by molar-refractivity contribution is 5.94. The predicted octanol–water partition coefficient (Wildman–Crippen LogP) is 1.43. The standard InChI is InChI=1S/C13H17NO3/c1-3-10-4-6-11(7-5-10)9-14-12(15)8-13(16)17-2/h4-7H,3,8-9H2,1-2H3,(H,14,15). The van der Waals surface area contributed by atoms with Gasteiger partial charge in [0.2, 0.25) is 5.91 Å². The number of hydrogen-bond acceptors (Lipinski definition) is 3. The second kappa shape index (κ2) is 6.68. The van der Waals surface area contributed by atoms with E-state index in [1.165, 1.54) is 12.7 Å². The van der Waals surface area contributed by atoms with Crippen LogP contribution in [0.5, 0.6) is 0 Å². The van der Waals surface area contributed by atoms with Gasteiger partial charge >= 0.3 is 5.97 Å². The van der Waals surface area contributed by atoms with Crippen LogP contribution < -0.4 is 5.32 Å². The first-order valence-electron chi connectivity index (χ1n) is 5.57. The van der Waals surface area contributed by atoms with Gasteiger partial charge in [-0.2, -0.15) is 0 Å². The molecule has 4 nitrogen and oxygen atoms in total. The van der Waals surface area contributed by atoms with Crippen LogP contribution in [0.1, 0.15) is 24.5 Å². The normalized spacial score (nSPS) is 9.76. The van der Waals surface area contributed by atoms with Crippen molar-refractivity contribution in [3.05, 3.63) is 35.4 Å². The summed E-state index contributed by atoms with van der Waals surface area (Å²) in [6.07, 6.45) is 0.762. The molecule has 0 saturated carbocycles. The SMILES string of the molecule is CCc1ccc(CNC(=O)CC(=O)OC)cc1. The van der Waals surface area contributed by atoms with Crippen LogP contribution in [0.4, 0.5) is 0 Å². The number of ether oxygens (including phenoxy) is 1. The Kier molecular flexibility index (Phi) is 5.20. The van der Waals surface area contributed by atoms with E-state index >= 15 is 0 Å². The fourth-order valence-electron chi connectivity index (χ4n) is 1.36. The van der Waals surface area contributed by atoms with Crippen molar-refractivity contribution in [3.63, 3.8) is 0 Å². The fourth-order valence-corrected chi connectivity index (χ4v) is 1.36. The first-order chi connectivity index (χ1) is 8.15. The molecule has 1 aromatic rings. The largest absolute Gasteiger partial charge is 0.469 e. The molecule has 0 saturated heterocycles. The maximum absolute atomic E-state index is 11.3. The Balaban J connectivity index is 2.39.